The molecule has 32 heavy (non-hydrogen) atoms. The highest BCUT2D eigenvalue weighted by Gasteiger charge is 2.20. The summed E-state index contributed by atoms with van der Waals surface area (Å²) in [4.78, 5) is 18.8. The topological polar surface area (TPSA) is 118 Å². The van der Waals surface area contributed by atoms with E-state index in [1.165, 1.54) is 11.1 Å². The van der Waals surface area contributed by atoms with Crippen molar-refractivity contribution in [3.63, 3.8) is 0 Å². The number of methoxy groups -OCH3 is 1. The molecule has 0 saturated carbocycles. The standard InChI is InChI=1S/C23H27N7O2/c1-4-30-10-9-15-12-19(32-3)18(11-16(15)13-30)26-23-27-22(20(21(24)31)28-29-23)25-17-8-6-5-7-14(17)2/h5-8,11-12H,4,9-10,13H2,1-3H3,(H2,24,31)(H2,25,26,27,29). The Morgan fingerprint density at radius 3 is 2.69 bits per heavy atom. The fourth-order valence-corrected chi connectivity index (χ4v) is 3.77. The van der Waals surface area contributed by atoms with E-state index in [1.54, 1.807) is 7.11 Å². The highest BCUT2D eigenvalue weighted by Crippen LogP contribution is 2.33. The molecule has 0 atom stereocenters. The lowest BCUT2D eigenvalue weighted by molar-refractivity contribution is 0.0995. The SMILES string of the molecule is CCN1CCc2cc(OC)c(Nc3nnc(C(N)=O)c(Nc4ccccc4C)n3)cc2C1. The first-order valence-corrected chi connectivity index (χ1v) is 10.5. The van der Waals surface area contributed by atoms with Crippen LogP contribution < -0.4 is 21.1 Å². The molecule has 0 radical (unpaired) electrons. The minimum Gasteiger partial charge on any atom is -0.495 e. The Labute approximate surface area is 187 Å². The maximum Gasteiger partial charge on any atom is 0.273 e. The molecule has 0 aliphatic carbocycles. The molecule has 9 nitrogen and oxygen atoms in total. The number of carbonyl (C=O) groups excluding carboxylic acids is 1. The number of aryl methyl sites for hydroxylation is 1. The van der Waals surface area contributed by atoms with E-state index in [4.69, 9.17) is 10.5 Å². The molecule has 2 heterocycles. The molecule has 1 aliphatic heterocycles. The maximum atomic E-state index is 11.9. The lowest BCUT2D eigenvalue weighted by Crippen LogP contribution is -2.30. The Hall–Kier alpha value is -3.72. The molecule has 1 aromatic heterocycles. The summed E-state index contributed by atoms with van der Waals surface area (Å²) in [5.74, 6) is 0.453. The van der Waals surface area contributed by atoms with Gasteiger partial charge in [0.05, 0.1) is 12.8 Å². The number of likely N-dealkylation sites (N-methyl/N-ethyl adjacent to an activating group) is 1. The average molecular weight is 434 g/mol. The molecule has 0 spiro atoms. The lowest BCUT2D eigenvalue weighted by atomic mass is 9.98. The Morgan fingerprint density at radius 1 is 1.16 bits per heavy atom. The zero-order valence-electron chi connectivity index (χ0n) is 18.5. The molecule has 1 aliphatic rings. The number of nitrogens with zero attached hydrogens (tertiary/aromatic N) is 4. The van der Waals surface area contributed by atoms with Crippen molar-refractivity contribution in [2.75, 3.05) is 30.8 Å². The van der Waals surface area contributed by atoms with Crippen LogP contribution in [0.2, 0.25) is 0 Å². The van der Waals surface area contributed by atoms with Gasteiger partial charge in [-0.1, -0.05) is 25.1 Å². The summed E-state index contributed by atoms with van der Waals surface area (Å²) < 4.78 is 5.60. The normalized spacial score (nSPS) is 13.3. The summed E-state index contributed by atoms with van der Waals surface area (Å²) in [6.07, 6.45) is 0.982. The number of anilines is 4. The van der Waals surface area contributed by atoms with Crippen molar-refractivity contribution in [2.45, 2.75) is 26.8 Å². The van der Waals surface area contributed by atoms with E-state index in [9.17, 15) is 4.79 Å². The molecule has 166 valence electrons. The summed E-state index contributed by atoms with van der Waals surface area (Å²) in [5, 5.41) is 14.4. The molecule has 1 amide bonds. The number of amides is 1. The van der Waals surface area contributed by atoms with E-state index >= 15 is 0 Å². The van der Waals surface area contributed by atoms with Crippen LogP contribution in [-0.2, 0) is 13.0 Å². The number of ether oxygens (including phenoxy) is 1. The molecule has 2 aromatic carbocycles. The Bertz CT molecular complexity index is 1150. The monoisotopic (exact) mass is 433 g/mol. The number of para-hydroxylation sites is 1. The average Bonchev–Trinajstić information content (AvgIpc) is 2.79. The molecule has 0 unspecified atom stereocenters. The zero-order valence-corrected chi connectivity index (χ0v) is 18.5. The fraction of sp³-hybridized carbons (Fsp3) is 0.304. The van der Waals surface area contributed by atoms with Crippen molar-refractivity contribution < 1.29 is 9.53 Å². The summed E-state index contributed by atoms with van der Waals surface area (Å²) in [6, 6.07) is 11.8. The van der Waals surface area contributed by atoms with Gasteiger partial charge in [0.1, 0.15) is 5.75 Å². The van der Waals surface area contributed by atoms with Gasteiger partial charge in [-0.2, -0.15) is 4.98 Å². The van der Waals surface area contributed by atoms with Gasteiger partial charge in [0.2, 0.25) is 5.95 Å². The third-order valence-corrected chi connectivity index (χ3v) is 5.62. The molecule has 9 heteroatoms. The summed E-state index contributed by atoms with van der Waals surface area (Å²) in [7, 11) is 1.63. The van der Waals surface area contributed by atoms with Gasteiger partial charge in [0.25, 0.3) is 5.91 Å². The summed E-state index contributed by atoms with van der Waals surface area (Å²) >= 11 is 0. The maximum absolute atomic E-state index is 11.9. The van der Waals surface area contributed by atoms with Crippen LogP contribution in [0.5, 0.6) is 5.75 Å². The second-order valence-electron chi connectivity index (χ2n) is 7.70. The first-order valence-electron chi connectivity index (χ1n) is 10.5. The molecular formula is C23H27N7O2. The van der Waals surface area contributed by atoms with Crippen LogP contribution in [0.4, 0.5) is 23.1 Å². The Morgan fingerprint density at radius 2 is 1.97 bits per heavy atom. The predicted octanol–water partition coefficient (Wildman–Crippen LogP) is 3.15. The second-order valence-corrected chi connectivity index (χ2v) is 7.70. The van der Waals surface area contributed by atoms with Crippen LogP contribution in [0.25, 0.3) is 0 Å². The van der Waals surface area contributed by atoms with Crippen molar-refractivity contribution in [1.82, 2.24) is 20.1 Å². The number of nitrogens with two attached hydrogens (primary N) is 1. The summed E-state index contributed by atoms with van der Waals surface area (Å²) in [5.41, 5.74) is 10.5. The van der Waals surface area contributed by atoms with Gasteiger partial charge in [-0.15, -0.1) is 10.2 Å². The molecule has 0 bridgehead atoms. The van der Waals surface area contributed by atoms with Crippen molar-refractivity contribution in [3.8, 4) is 5.75 Å². The van der Waals surface area contributed by atoms with E-state index in [-0.39, 0.29) is 17.5 Å². The zero-order chi connectivity index (χ0) is 22.7. The van der Waals surface area contributed by atoms with Gasteiger partial charge in [-0.05, 0) is 54.8 Å². The van der Waals surface area contributed by atoms with Gasteiger partial charge in [0, 0.05) is 18.8 Å². The van der Waals surface area contributed by atoms with E-state index in [1.807, 2.05) is 31.2 Å². The van der Waals surface area contributed by atoms with Crippen LogP contribution in [0.15, 0.2) is 36.4 Å². The number of benzene rings is 2. The number of primary amides is 1. The van der Waals surface area contributed by atoms with Gasteiger partial charge in [0.15, 0.2) is 11.5 Å². The van der Waals surface area contributed by atoms with Crippen molar-refractivity contribution in [3.05, 3.63) is 58.8 Å². The van der Waals surface area contributed by atoms with E-state index in [2.05, 4.69) is 49.8 Å². The minimum atomic E-state index is -0.710. The van der Waals surface area contributed by atoms with E-state index < -0.39 is 5.91 Å². The third kappa shape index (κ3) is 4.47. The third-order valence-electron chi connectivity index (χ3n) is 5.62. The number of rotatable bonds is 7. The van der Waals surface area contributed by atoms with Gasteiger partial charge in [-0.25, -0.2) is 0 Å². The Balaban J connectivity index is 1.67. The summed E-state index contributed by atoms with van der Waals surface area (Å²) in [6.45, 7) is 7.04. The van der Waals surface area contributed by atoms with Gasteiger partial charge in [-0.3, -0.25) is 9.69 Å². The molecular weight excluding hydrogens is 406 g/mol. The van der Waals surface area contributed by atoms with Crippen LogP contribution in [-0.4, -0.2) is 46.2 Å². The van der Waals surface area contributed by atoms with Crippen molar-refractivity contribution >= 4 is 29.0 Å². The quantitative estimate of drug-likeness (QED) is 0.520. The highest BCUT2D eigenvalue weighted by atomic mass is 16.5. The number of aromatic nitrogens is 3. The van der Waals surface area contributed by atoms with E-state index in [0.717, 1.165) is 43.0 Å². The van der Waals surface area contributed by atoms with Gasteiger partial charge >= 0.3 is 0 Å². The molecule has 4 N–H and O–H groups in total. The van der Waals surface area contributed by atoms with Crippen LogP contribution >= 0.6 is 0 Å². The number of hydrogen-bond acceptors (Lipinski definition) is 8. The van der Waals surface area contributed by atoms with Gasteiger partial charge < -0.3 is 21.1 Å². The second kappa shape index (κ2) is 9.19. The van der Waals surface area contributed by atoms with E-state index in [0.29, 0.717) is 5.75 Å². The number of hydrogen-bond donors (Lipinski definition) is 3. The van der Waals surface area contributed by atoms with Crippen LogP contribution in [0.1, 0.15) is 34.1 Å². The smallest absolute Gasteiger partial charge is 0.273 e. The molecule has 4 rings (SSSR count). The van der Waals surface area contributed by atoms with Crippen molar-refractivity contribution in [2.24, 2.45) is 5.73 Å². The fourth-order valence-electron chi connectivity index (χ4n) is 3.77. The van der Waals surface area contributed by atoms with Crippen LogP contribution in [0, 0.1) is 6.92 Å². The number of nitrogens with one attached hydrogen (secondary N) is 2. The van der Waals surface area contributed by atoms with Crippen molar-refractivity contribution in [1.29, 1.82) is 0 Å². The number of fused-ring (bicyclic) bond motifs is 1. The number of carbonyl (C=O) groups is 1. The first kappa shape index (κ1) is 21.5. The lowest BCUT2D eigenvalue weighted by Gasteiger charge is -2.28. The largest absolute Gasteiger partial charge is 0.495 e. The highest BCUT2D eigenvalue weighted by molar-refractivity contribution is 5.96. The molecule has 0 fully saturated rings. The molecule has 0 saturated heterocycles. The first-order chi connectivity index (χ1) is 15.5. The predicted molar refractivity (Wildman–Crippen MR) is 124 cm³/mol. The van der Waals surface area contributed by atoms with Crippen LogP contribution in [0.3, 0.4) is 0 Å². The Kier molecular flexibility index (Phi) is 6.18. The minimum absolute atomic E-state index is 0.0326. The molecule has 3 aromatic rings.